The third kappa shape index (κ3) is 2.62. The second kappa shape index (κ2) is 6.22. The van der Waals surface area contributed by atoms with Gasteiger partial charge in [-0.25, -0.2) is 0 Å². The van der Waals surface area contributed by atoms with Gasteiger partial charge in [-0.2, -0.15) is 5.26 Å². The summed E-state index contributed by atoms with van der Waals surface area (Å²) in [5, 5.41) is 9.89. The molecule has 124 valence electrons. The van der Waals surface area contributed by atoms with E-state index >= 15 is 0 Å². The van der Waals surface area contributed by atoms with Crippen molar-refractivity contribution >= 4 is 5.57 Å². The second-order valence-corrected chi connectivity index (χ2v) is 7.77. The van der Waals surface area contributed by atoms with Gasteiger partial charge in [0.15, 0.2) is 0 Å². The molecule has 0 bridgehead atoms. The van der Waals surface area contributed by atoms with Gasteiger partial charge in [-0.05, 0) is 62.6 Å². The fraction of sp³-hybridized carbons (Fsp3) is 0.500. The van der Waals surface area contributed by atoms with Crippen molar-refractivity contribution < 1.29 is 0 Å². The number of nitrogens with zero attached hydrogens (tertiary/aromatic N) is 2. The molecule has 0 amide bonds. The van der Waals surface area contributed by atoms with Gasteiger partial charge >= 0.3 is 0 Å². The zero-order valence-electron chi connectivity index (χ0n) is 14.5. The summed E-state index contributed by atoms with van der Waals surface area (Å²) in [6, 6.07) is 14.6. The fourth-order valence-corrected chi connectivity index (χ4v) is 4.75. The van der Waals surface area contributed by atoms with Gasteiger partial charge in [0.1, 0.15) is 0 Å². The molecule has 3 aliphatic rings. The molecule has 0 N–H and O–H groups in total. The first kappa shape index (κ1) is 15.7. The number of rotatable bonds is 3. The van der Waals surface area contributed by atoms with Crippen LogP contribution in [0.3, 0.4) is 0 Å². The maximum Gasteiger partial charge on any atom is 0.0820 e. The van der Waals surface area contributed by atoms with Crippen LogP contribution in [-0.2, 0) is 0 Å². The highest BCUT2D eigenvalue weighted by molar-refractivity contribution is 5.75. The Morgan fingerprint density at radius 2 is 2.00 bits per heavy atom. The highest BCUT2D eigenvalue weighted by Gasteiger charge is 2.47. The average molecular weight is 318 g/mol. The molecule has 0 aromatic heterocycles. The first-order chi connectivity index (χ1) is 11.7. The third-order valence-corrected chi connectivity index (χ3v) is 6.45. The predicted molar refractivity (Wildman–Crippen MR) is 98.1 cm³/mol. The quantitative estimate of drug-likeness (QED) is 0.800. The van der Waals surface area contributed by atoms with E-state index in [-0.39, 0.29) is 5.41 Å². The van der Waals surface area contributed by atoms with Crippen LogP contribution < -0.4 is 0 Å². The van der Waals surface area contributed by atoms with E-state index in [0.29, 0.717) is 12.0 Å². The molecule has 24 heavy (non-hydrogen) atoms. The van der Waals surface area contributed by atoms with Gasteiger partial charge < -0.3 is 0 Å². The number of likely N-dealkylation sites (tertiary alicyclic amines) is 1. The molecular formula is C22H26N2. The van der Waals surface area contributed by atoms with E-state index in [2.05, 4.69) is 60.4 Å². The van der Waals surface area contributed by atoms with Crippen LogP contribution in [0.2, 0.25) is 0 Å². The molecular weight excluding hydrogens is 292 g/mol. The topological polar surface area (TPSA) is 27.0 Å². The average Bonchev–Trinajstić information content (AvgIpc) is 3.01. The molecule has 0 radical (unpaired) electrons. The minimum Gasteiger partial charge on any atom is -0.298 e. The molecule has 1 aromatic carbocycles. The Hall–Kier alpha value is -1.85. The van der Waals surface area contributed by atoms with Crippen LogP contribution >= 0.6 is 0 Å². The Bertz CT molecular complexity index is 690. The Kier molecular flexibility index (Phi) is 4.06. The predicted octanol–water partition coefficient (Wildman–Crippen LogP) is 4.80. The van der Waals surface area contributed by atoms with Gasteiger partial charge in [0.05, 0.1) is 11.5 Å². The zero-order chi connectivity index (χ0) is 16.6. The van der Waals surface area contributed by atoms with Crippen molar-refractivity contribution in [2.75, 3.05) is 6.54 Å². The minimum atomic E-state index is -0.280. The van der Waals surface area contributed by atoms with Crippen molar-refractivity contribution in [1.29, 1.82) is 5.26 Å². The SMILES string of the molecule is C[C@@H]1CCCN1C1CC(C2(C#N)C=CC(c3ccccc3)=CC2)C1. The first-order valence-electron chi connectivity index (χ1n) is 9.34. The molecule has 4 rings (SSSR count). The van der Waals surface area contributed by atoms with E-state index in [1.165, 1.54) is 43.4 Å². The van der Waals surface area contributed by atoms with Crippen LogP contribution in [-0.4, -0.2) is 23.5 Å². The molecule has 2 nitrogen and oxygen atoms in total. The molecule has 2 aliphatic carbocycles. The van der Waals surface area contributed by atoms with Gasteiger partial charge in [-0.1, -0.05) is 48.6 Å². The van der Waals surface area contributed by atoms with E-state index in [1.54, 1.807) is 0 Å². The maximum atomic E-state index is 9.89. The molecule has 0 spiro atoms. The second-order valence-electron chi connectivity index (χ2n) is 7.77. The molecule has 1 unspecified atom stereocenters. The normalized spacial score (nSPS) is 36.0. The van der Waals surface area contributed by atoms with Crippen molar-refractivity contribution in [3.63, 3.8) is 0 Å². The van der Waals surface area contributed by atoms with Crippen LogP contribution in [0.1, 0.15) is 44.6 Å². The van der Waals surface area contributed by atoms with Crippen molar-refractivity contribution in [3.8, 4) is 6.07 Å². The third-order valence-electron chi connectivity index (χ3n) is 6.45. The van der Waals surface area contributed by atoms with E-state index in [9.17, 15) is 5.26 Å². The molecule has 2 heteroatoms. The largest absolute Gasteiger partial charge is 0.298 e. The highest BCUT2D eigenvalue weighted by Crippen LogP contribution is 2.50. The zero-order valence-corrected chi connectivity index (χ0v) is 14.5. The summed E-state index contributed by atoms with van der Waals surface area (Å²) in [5.41, 5.74) is 2.22. The fourth-order valence-electron chi connectivity index (χ4n) is 4.75. The smallest absolute Gasteiger partial charge is 0.0820 e. The summed E-state index contributed by atoms with van der Waals surface area (Å²) in [6.07, 6.45) is 12.6. The van der Waals surface area contributed by atoms with Crippen LogP contribution in [0, 0.1) is 22.7 Å². The van der Waals surface area contributed by atoms with Gasteiger partial charge in [0, 0.05) is 12.1 Å². The summed E-state index contributed by atoms with van der Waals surface area (Å²) in [4.78, 5) is 2.68. The summed E-state index contributed by atoms with van der Waals surface area (Å²) in [5.74, 6) is 0.519. The van der Waals surface area contributed by atoms with Crippen LogP contribution in [0.15, 0.2) is 48.6 Å². The lowest BCUT2D eigenvalue weighted by Crippen LogP contribution is -2.50. The lowest BCUT2D eigenvalue weighted by molar-refractivity contribution is 0.0351. The monoisotopic (exact) mass is 318 g/mol. The number of benzene rings is 1. The molecule has 2 atom stereocenters. The van der Waals surface area contributed by atoms with Crippen molar-refractivity contribution in [2.24, 2.45) is 11.3 Å². The van der Waals surface area contributed by atoms with E-state index in [0.717, 1.165) is 12.5 Å². The maximum absolute atomic E-state index is 9.89. The summed E-state index contributed by atoms with van der Waals surface area (Å²) in [6.45, 7) is 3.61. The Morgan fingerprint density at radius 1 is 1.21 bits per heavy atom. The van der Waals surface area contributed by atoms with Crippen molar-refractivity contribution in [1.82, 2.24) is 4.90 Å². The standard InChI is InChI=1S/C22H26N2/c1-17-6-5-13-24(17)21-14-20(15-21)22(16-23)11-9-19(10-12-22)18-7-3-2-4-8-18/h2-4,7-11,17,20-21H,5-6,12-15H2,1H3/t17-,20?,21?,22?/m1/s1. The Labute approximate surface area is 145 Å². The first-order valence-corrected chi connectivity index (χ1v) is 9.34. The van der Waals surface area contributed by atoms with Gasteiger partial charge in [0.2, 0.25) is 0 Å². The number of hydrogen-bond acceptors (Lipinski definition) is 2. The lowest BCUT2D eigenvalue weighted by atomic mass is 9.60. The molecule has 1 saturated carbocycles. The van der Waals surface area contributed by atoms with Gasteiger partial charge in [-0.15, -0.1) is 0 Å². The minimum absolute atomic E-state index is 0.280. The van der Waals surface area contributed by atoms with Crippen LogP contribution in [0.25, 0.3) is 5.57 Å². The summed E-state index contributed by atoms with van der Waals surface area (Å²) >= 11 is 0. The number of nitriles is 1. The van der Waals surface area contributed by atoms with E-state index in [1.807, 2.05) is 6.07 Å². The summed E-state index contributed by atoms with van der Waals surface area (Å²) < 4.78 is 0. The molecule has 1 aromatic rings. The molecule has 1 saturated heterocycles. The van der Waals surface area contributed by atoms with Crippen molar-refractivity contribution in [3.05, 3.63) is 54.1 Å². The molecule has 2 fully saturated rings. The van der Waals surface area contributed by atoms with Crippen LogP contribution in [0.5, 0.6) is 0 Å². The Morgan fingerprint density at radius 3 is 2.58 bits per heavy atom. The summed E-state index contributed by atoms with van der Waals surface area (Å²) in [7, 11) is 0. The van der Waals surface area contributed by atoms with Crippen LogP contribution in [0.4, 0.5) is 0 Å². The van der Waals surface area contributed by atoms with Gasteiger partial charge in [-0.3, -0.25) is 4.90 Å². The van der Waals surface area contributed by atoms with Gasteiger partial charge in [0.25, 0.3) is 0 Å². The molecule has 1 heterocycles. The van der Waals surface area contributed by atoms with Crippen molar-refractivity contribution in [2.45, 2.75) is 51.1 Å². The lowest BCUT2D eigenvalue weighted by Gasteiger charge is -2.49. The number of hydrogen-bond donors (Lipinski definition) is 0. The highest BCUT2D eigenvalue weighted by atomic mass is 15.2. The molecule has 1 aliphatic heterocycles. The Balaban J connectivity index is 1.43. The van der Waals surface area contributed by atoms with E-state index in [4.69, 9.17) is 0 Å². The van der Waals surface area contributed by atoms with E-state index < -0.39 is 0 Å². The number of allylic oxidation sites excluding steroid dienone is 4.